The summed E-state index contributed by atoms with van der Waals surface area (Å²) in [6.07, 6.45) is -1.28. The van der Waals surface area contributed by atoms with Gasteiger partial charge in [0, 0.05) is 11.0 Å². The van der Waals surface area contributed by atoms with Gasteiger partial charge in [-0.25, -0.2) is 4.68 Å². The topological polar surface area (TPSA) is 121 Å². The van der Waals surface area contributed by atoms with Gasteiger partial charge in [-0.05, 0) is 39.7 Å². The summed E-state index contributed by atoms with van der Waals surface area (Å²) in [5, 5.41) is 30.6. The number of nitrogens with zero attached hydrogens (tertiary/aromatic N) is 4. The Labute approximate surface area is 180 Å². The number of aromatic hydroxyl groups is 1. The number of halogens is 1. The van der Waals surface area contributed by atoms with Gasteiger partial charge in [-0.1, -0.05) is 35.5 Å². The zero-order chi connectivity index (χ0) is 21.3. The molecule has 0 radical (unpaired) electrons. The second-order valence-electron chi connectivity index (χ2n) is 6.80. The Balaban J connectivity index is 1.52. The average Bonchev–Trinajstić information content (AvgIpc) is 3.18. The Morgan fingerprint density at radius 2 is 1.90 bits per heavy atom. The van der Waals surface area contributed by atoms with Crippen LogP contribution in [-0.2, 0) is 17.9 Å². The number of hydrogen-bond donors (Lipinski definition) is 3. The highest BCUT2D eigenvalue weighted by Crippen LogP contribution is 2.27. The summed E-state index contributed by atoms with van der Waals surface area (Å²) in [7, 11) is 0. The van der Waals surface area contributed by atoms with Gasteiger partial charge in [0.25, 0.3) is 11.8 Å². The van der Waals surface area contributed by atoms with Crippen molar-refractivity contribution in [1.29, 1.82) is 0 Å². The minimum atomic E-state index is -1.28. The fourth-order valence-corrected chi connectivity index (χ4v) is 3.71. The standard InChI is InChI=1S/C20H18BrN5O4/c21-14-10-13(27)6-7-15(14)22-19(29)17-16-11-25(8-9-26(16)24-23-17)20(30)18(28)12-4-2-1-3-5-12/h1-7,10,18,27-28H,8-9,11H2,(H,22,29)/t18-/m0/s1. The Kier molecular flexibility index (Phi) is 5.51. The van der Waals surface area contributed by atoms with E-state index in [0.29, 0.717) is 34.5 Å². The second kappa shape index (κ2) is 8.25. The number of amides is 2. The largest absolute Gasteiger partial charge is 0.508 e. The number of aliphatic hydroxyl groups excluding tert-OH is 1. The minimum absolute atomic E-state index is 0.0621. The molecule has 2 aromatic carbocycles. The lowest BCUT2D eigenvalue weighted by molar-refractivity contribution is -0.142. The van der Waals surface area contributed by atoms with Crippen LogP contribution < -0.4 is 5.32 Å². The molecule has 10 heteroatoms. The molecule has 1 atom stereocenters. The number of phenolic OH excluding ortho intramolecular Hbond substituents is 1. The van der Waals surface area contributed by atoms with Crippen LogP contribution in [0.3, 0.4) is 0 Å². The smallest absolute Gasteiger partial charge is 0.278 e. The number of anilines is 1. The Hall–Kier alpha value is -3.24. The first-order chi connectivity index (χ1) is 14.4. The zero-order valence-corrected chi connectivity index (χ0v) is 17.3. The van der Waals surface area contributed by atoms with E-state index in [-0.39, 0.29) is 18.0 Å². The molecule has 2 heterocycles. The SMILES string of the molecule is O=C(Nc1ccc(O)cc1Br)c1nnn2c1CN(C(=O)[C@@H](O)c1ccccc1)CC2. The number of carbonyl (C=O) groups is 2. The molecule has 0 saturated heterocycles. The van der Waals surface area contributed by atoms with Crippen LogP contribution in [0.15, 0.2) is 53.0 Å². The van der Waals surface area contributed by atoms with E-state index in [4.69, 9.17) is 0 Å². The number of phenols is 1. The summed E-state index contributed by atoms with van der Waals surface area (Å²) >= 11 is 3.28. The number of aromatic nitrogens is 3. The molecule has 30 heavy (non-hydrogen) atoms. The maximum atomic E-state index is 12.8. The van der Waals surface area contributed by atoms with Crippen LogP contribution in [-0.4, -0.2) is 48.5 Å². The van der Waals surface area contributed by atoms with Crippen molar-refractivity contribution in [1.82, 2.24) is 19.9 Å². The summed E-state index contributed by atoms with van der Waals surface area (Å²) < 4.78 is 2.10. The lowest BCUT2D eigenvalue weighted by Gasteiger charge is -2.29. The molecule has 1 aromatic heterocycles. The molecule has 3 aromatic rings. The summed E-state index contributed by atoms with van der Waals surface area (Å²) in [4.78, 5) is 27.0. The van der Waals surface area contributed by atoms with Crippen molar-refractivity contribution >= 4 is 33.4 Å². The first-order valence-corrected chi connectivity index (χ1v) is 9.97. The van der Waals surface area contributed by atoms with Crippen molar-refractivity contribution in [2.45, 2.75) is 19.2 Å². The van der Waals surface area contributed by atoms with Gasteiger partial charge in [-0.15, -0.1) is 5.10 Å². The number of hydrogen-bond acceptors (Lipinski definition) is 6. The van der Waals surface area contributed by atoms with Gasteiger partial charge < -0.3 is 20.4 Å². The molecule has 1 aliphatic rings. The third-order valence-electron chi connectivity index (χ3n) is 4.84. The maximum absolute atomic E-state index is 12.8. The highest BCUT2D eigenvalue weighted by atomic mass is 79.9. The molecular weight excluding hydrogens is 454 g/mol. The first kappa shape index (κ1) is 20.0. The van der Waals surface area contributed by atoms with Crippen LogP contribution in [0.2, 0.25) is 0 Å². The van der Waals surface area contributed by atoms with E-state index in [1.54, 1.807) is 35.0 Å². The van der Waals surface area contributed by atoms with Crippen LogP contribution in [0, 0.1) is 0 Å². The maximum Gasteiger partial charge on any atom is 0.278 e. The predicted octanol–water partition coefficient (Wildman–Crippen LogP) is 2.07. The van der Waals surface area contributed by atoms with Crippen molar-refractivity contribution < 1.29 is 19.8 Å². The molecule has 2 amide bonds. The summed E-state index contributed by atoms with van der Waals surface area (Å²) in [5.41, 5.74) is 1.56. The summed E-state index contributed by atoms with van der Waals surface area (Å²) in [5.74, 6) is -0.867. The van der Waals surface area contributed by atoms with Crippen molar-refractivity contribution in [3.8, 4) is 5.75 Å². The zero-order valence-electron chi connectivity index (χ0n) is 15.7. The monoisotopic (exact) mass is 471 g/mol. The van der Waals surface area contributed by atoms with Gasteiger partial charge in [0.15, 0.2) is 11.8 Å². The van der Waals surface area contributed by atoms with E-state index in [2.05, 4.69) is 31.6 Å². The van der Waals surface area contributed by atoms with E-state index in [9.17, 15) is 19.8 Å². The lowest BCUT2D eigenvalue weighted by atomic mass is 10.1. The van der Waals surface area contributed by atoms with Crippen LogP contribution in [0.5, 0.6) is 5.75 Å². The molecular formula is C20H18BrN5O4. The van der Waals surface area contributed by atoms with Crippen molar-refractivity contribution in [3.05, 3.63) is 70.0 Å². The Bertz CT molecular complexity index is 1100. The molecule has 9 nitrogen and oxygen atoms in total. The van der Waals surface area contributed by atoms with Gasteiger partial charge in [-0.3, -0.25) is 9.59 Å². The molecule has 0 unspecified atom stereocenters. The molecule has 3 N–H and O–H groups in total. The second-order valence-corrected chi connectivity index (χ2v) is 7.65. The third-order valence-corrected chi connectivity index (χ3v) is 5.49. The molecule has 0 bridgehead atoms. The normalized spacial score (nSPS) is 14.1. The van der Waals surface area contributed by atoms with E-state index < -0.39 is 17.9 Å². The quantitative estimate of drug-likeness (QED) is 0.500. The van der Waals surface area contributed by atoms with Gasteiger partial charge in [0.1, 0.15) is 5.75 Å². The molecule has 1 aliphatic heterocycles. The average molecular weight is 472 g/mol. The summed E-state index contributed by atoms with van der Waals surface area (Å²) in [6, 6.07) is 13.2. The van der Waals surface area contributed by atoms with Crippen LogP contribution in [0.4, 0.5) is 5.69 Å². The minimum Gasteiger partial charge on any atom is -0.508 e. The number of carbonyl (C=O) groups excluding carboxylic acids is 2. The van der Waals surface area contributed by atoms with E-state index in [1.807, 2.05) is 6.07 Å². The highest BCUT2D eigenvalue weighted by molar-refractivity contribution is 9.10. The Morgan fingerprint density at radius 1 is 1.13 bits per heavy atom. The van der Waals surface area contributed by atoms with Gasteiger partial charge in [0.05, 0.1) is 24.5 Å². The number of fused-ring (bicyclic) bond motifs is 1. The molecule has 0 aliphatic carbocycles. The molecule has 154 valence electrons. The van der Waals surface area contributed by atoms with E-state index in [0.717, 1.165) is 0 Å². The fraction of sp³-hybridized carbons (Fsp3) is 0.200. The molecule has 0 saturated carbocycles. The van der Waals surface area contributed by atoms with Gasteiger partial charge >= 0.3 is 0 Å². The van der Waals surface area contributed by atoms with Gasteiger partial charge in [-0.2, -0.15) is 0 Å². The van der Waals surface area contributed by atoms with E-state index >= 15 is 0 Å². The van der Waals surface area contributed by atoms with Crippen molar-refractivity contribution in [3.63, 3.8) is 0 Å². The van der Waals surface area contributed by atoms with Crippen LogP contribution in [0.1, 0.15) is 27.8 Å². The fourth-order valence-electron chi connectivity index (χ4n) is 3.25. The van der Waals surface area contributed by atoms with Crippen LogP contribution in [0.25, 0.3) is 0 Å². The number of nitrogens with one attached hydrogen (secondary N) is 1. The highest BCUT2D eigenvalue weighted by Gasteiger charge is 2.31. The van der Waals surface area contributed by atoms with Crippen molar-refractivity contribution in [2.75, 3.05) is 11.9 Å². The van der Waals surface area contributed by atoms with Gasteiger partial charge in [0.2, 0.25) is 0 Å². The van der Waals surface area contributed by atoms with Crippen LogP contribution >= 0.6 is 15.9 Å². The summed E-state index contributed by atoms with van der Waals surface area (Å²) in [6.45, 7) is 0.824. The molecule has 4 rings (SSSR count). The lowest BCUT2D eigenvalue weighted by Crippen LogP contribution is -2.41. The number of benzene rings is 2. The molecule has 0 spiro atoms. The number of aliphatic hydroxyl groups is 1. The predicted molar refractivity (Wildman–Crippen MR) is 111 cm³/mol. The van der Waals surface area contributed by atoms with E-state index in [1.165, 1.54) is 17.0 Å². The Morgan fingerprint density at radius 3 is 2.63 bits per heavy atom. The first-order valence-electron chi connectivity index (χ1n) is 9.18. The third kappa shape index (κ3) is 3.91. The number of rotatable bonds is 4. The van der Waals surface area contributed by atoms with Crippen molar-refractivity contribution in [2.24, 2.45) is 0 Å². The molecule has 0 fully saturated rings.